The highest BCUT2D eigenvalue weighted by molar-refractivity contribution is 14.1. The van der Waals surface area contributed by atoms with Crippen LogP contribution in [0, 0.1) is 2.88 Å². The van der Waals surface area contributed by atoms with Crippen LogP contribution in [0.2, 0.25) is 0 Å². The Morgan fingerprint density at radius 1 is 1.37 bits per heavy atom. The number of thiophene rings is 1. The predicted molar refractivity (Wildman–Crippen MR) is 93.2 cm³/mol. The van der Waals surface area contributed by atoms with Gasteiger partial charge in [0.15, 0.2) is 0 Å². The Morgan fingerprint density at radius 2 is 2.16 bits per heavy atom. The van der Waals surface area contributed by atoms with Crippen LogP contribution in [0.3, 0.4) is 0 Å². The largest absolute Gasteiger partial charge is 0.496 e. The van der Waals surface area contributed by atoms with Crippen LogP contribution in [0.5, 0.6) is 5.75 Å². The van der Waals surface area contributed by atoms with Crippen molar-refractivity contribution in [2.24, 2.45) is 0 Å². The molecule has 0 saturated carbocycles. The lowest BCUT2D eigenvalue weighted by Gasteiger charge is -2.18. The third-order valence-electron chi connectivity index (χ3n) is 2.84. The van der Waals surface area contributed by atoms with E-state index in [0.29, 0.717) is 0 Å². The molecule has 102 valence electrons. The Labute approximate surface area is 139 Å². The van der Waals surface area contributed by atoms with Crippen LogP contribution in [0.1, 0.15) is 24.1 Å². The molecule has 5 heteroatoms. The summed E-state index contributed by atoms with van der Waals surface area (Å²) >= 11 is 7.69. The number of hydrogen-bond acceptors (Lipinski definition) is 3. The Balaban J connectivity index is 2.36. The zero-order chi connectivity index (χ0) is 13.8. The fraction of sp³-hybridized carbons (Fsp3) is 0.286. The monoisotopic (exact) mass is 451 g/mol. The third kappa shape index (κ3) is 3.71. The summed E-state index contributed by atoms with van der Waals surface area (Å²) in [5, 5.41) is 5.75. The highest BCUT2D eigenvalue weighted by Gasteiger charge is 2.15. The van der Waals surface area contributed by atoms with Crippen LogP contribution in [0.4, 0.5) is 0 Å². The lowest BCUT2D eigenvalue weighted by atomic mass is 10.0. The summed E-state index contributed by atoms with van der Waals surface area (Å²) in [5.74, 6) is 0.860. The molecule has 1 unspecified atom stereocenters. The van der Waals surface area contributed by atoms with Crippen molar-refractivity contribution in [3.63, 3.8) is 0 Å². The number of halogens is 2. The van der Waals surface area contributed by atoms with Gasteiger partial charge in [0.05, 0.1) is 20.5 Å². The fourth-order valence-electron chi connectivity index (χ4n) is 1.97. The highest BCUT2D eigenvalue weighted by atomic mass is 127. The molecule has 0 fully saturated rings. The van der Waals surface area contributed by atoms with Gasteiger partial charge >= 0.3 is 0 Å². The molecule has 1 aromatic carbocycles. The molecule has 1 heterocycles. The second kappa shape index (κ2) is 7.06. The number of benzene rings is 1. The SMILES string of the molecule is CCNC(c1csc(I)c1)c1ccc(OC)c(Br)c1. The summed E-state index contributed by atoms with van der Waals surface area (Å²) < 4.78 is 7.58. The minimum Gasteiger partial charge on any atom is -0.496 e. The van der Waals surface area contributed by atoms with Gasteiger partial charge < -0.3 is 10.1 Å². The molecule has 0 aliphatic rings. The van der Waals surface area contributed by atoms with Crippen molar-refractivity contribution in [1.29, 1.82) is 0 Å². The third-order valence-corrected chi connectivity index (χ3v) is 5.27. The van der Waals surface area contributed by atoms with Crippen LogP contribution in [-0.4, -0.2) is 13.7 Å². The van der Waals surface area contributed by atoms with Gasteiger partial charge in [0, 0.05) is 0 Å². The van der Waals surface area contributed by atoms with E-state index in [1.807, 2.05) is 6.07 Å². The molecule has 1 atom stereocenters. The van der Waals surface area contributed by atoms with E-state index < -0.39 is 0 Å². The molecule has 2 aromatic rings. The van der Waals surface area contributed by atoms with Gasteiger partial charge in [0.25, 0.3) is 0 Å². The van der Waals surface area contributed by atoms with Gasteiger partial charge in [0.1, 0.15) is 5.75 Å². The van der Waals surface area contributed by atoms with Crippen LogP contribution in [0.15, 0.2) is 34.1 Å². The van der Waals surface area contributed by atoms with Crippen molar-refractivity contribution in [2.75, 3.05) is 13.7 Å². The summed E-state index contributed by atoms with van der Waals surface area (Å²) in [6.07, 6.45) is 0. The number of ether oxygens (including phenoxy) is 1. The minimum absolute atomic E-state index is 0.229. The van der Waals surface area contributed by atoms with Crippen molar-refractivity contribution in [3.05, 3.63) is 48.1 Å². The maximum atomic E-state index is 5.28. The van der Waals surface area contributed by atoms with Gasteiger partial charge in [-0.15, -0.1) is 11.3 Å². The van der Waals surface area contributed by atoms with Crippen molar-refractivity contribution in [1.82, 2.24) is 5.32 Å². The molecule has 19 heavy (non-hydrogen) atoms. The van der Waals surface area contributed by atoms with Crippen molar-refractivity contribution >= 4 is 49.9 Å². The van der Waals surface area contributed by atoms with Crippen molar-refractivity contribution in [2.45, 2.75) is 13.0 Å². The molecular formula is C14H15BrINOS. The molecule has 0 aliphatic carbocycles. The average Bonchev–Trinajstić information content (AvgIpc) is 2.82. The van der Waals surface area contributed by atoms with E-state index in [1.54, 1.807) is 18.4 Å². The minimum atomic E-state index is 0.229. The first-order valence-corrected chi connectivity index (χ1v) is 8.71. The second-order valence-electron chi connectivity index (χ2n) is 4.07. The lowest BCUT2D eigenvalue weighted by Crippen LogP contribution is -2.21. The molecule has 0 saturated heterocycles. The van der Waals surface area contributed by atoms with Crippen molar-refractivity contribution in [3.8, 4) is 5.75 Å². The zero-order valence-corrected chi connectivity index (χ0v) is 15.3. The smallest absolute Gasteiger partial charge is 0.133 e. The molecule has 2 rings (SSSR count). The zero-order valence-electron chi connectivity index (χ0n) is 10.7. The summed E-state index contributed by atoms with van der Waals surface area (Å²) in [7, 11) is 1.68. The first-order valence-electron chi connectivity index (χ1n) is 5.96. The van der Waals surface area contributed by atoms with E-state index in [9.17, 15) is 0 Å². The maximum absolute atomic E-state index is 5.28. The van der Waals surface area contributed by atoms with Crippen molar-refractivity contribution < 1.29 is 4.74 Å². The topological polar surface area (TPSA) is 21.3 Å². The molecule has 2 nitrogen and oxygen atoms in total. The average molecular weight is 452 g/mol. The van der Waals surface area contributed by atoms with Gasteiger partial charge in [-0.2, -0.15) is 0 Å². The van der Waals surface area contributed by atoms with Crippen LogP contribution in [0.25, 0.3) is 0 Å². The first-order chi connectivity index (χ1) is 9.15. The van der Waals surface area contributed by atoms with Gasteiger partial charge in [0.2, 0.25) is 0 Å². The van der Waals surface area contributed by atoms with Gasteiger partial charge in [-0.1, -0.05) is 13.0 Å². The lowest BCUT2D eigenvalue weighted by molar-refractivity contribution is 0.412. The number of rotatable bonds is 5. The molecule has 0 radical (unpaired) electrons. The normalized spacial score (nSPS) is 12.4. The summed E-state index contributed by atoms with van der Waals surface area (Å²) in [5.41, 5.74) is 2.55. The van der Waals surface area contributed by atoms with Crippen LogP contribution < -0.4 is 10.1 Å². The molecule has 0 amide bonds. The molecule has 0 aliphatic heterocycles. The summed E-state index contributed by atoms with van der Waals surface area (Å²) in [4.78, 5) is 0. The molecular weight excluding hydrogens is 437 g/mol. The highest BCUT2D eigenvalue weighted by Crippen LogP contribution is 2.32. The number of hydrogen-bond donors (Lipinski definition) is 1. The maximum Gasteiger partial charge on any atom is 0.133 e. The Bertz CT molecular complexity index is 558. The Morgan fingerprint density at radius 3 is 2.68 bits per heavy atom. The van der Waals surface area contributed by atoms with Crippen LogP contribution >= 0.6 is 49.9 Å². The number of methoxy groups -OCH3 is 1. The Hall–Kier alpha value is -0.110. The summed E-state index contributed by atoms with van der Waals surface area (Å²) in [6.45, 7) is 3.06. The standard InChI is InChI=1S/C14H15BrINOS/c1-3-17-14(10-7-13(16)19-8-10)9-4-5-12(18-2)11(15)6-9/h4-8,14,17H,3H2,1-2H3. The quantitative estimate of drug-likeness (QED) is 0.658. The first kappa shape index (κ1) is 15.3. The van der Waals surface area contributed by atoms with E-state index >= 15 is 0 Å². The molecule has 1 aromatic heterocycles. The van der Waals surface area contributed by atoms with E-state index in [2.05, 4.69) is 74.3 Å². The summed E-state index contributed by atoms with van der Waals surface area (Å²) in [6, 6.07) is 8.70. The second-order valence-corrected chi connectivity index (χ2v) is 7.73. The van der Waals surface area contributed by atoms with Gasteiger partial charge in [-0.25, -0.2) is 0 Å². The molecule has 1 N–H and O–H groups in total. The van der Waals surface area contributed by atoms with E-state index in [1.165, 1.54) is 14.0 Å². The molecule has 0 spiro atoms. The van der Waals surface area contributed by atoms with Crippen LogP contribution in [-0.2, 0) is 0 Å². The Kier molecular flexibility index (Phi) is 5.68. The number of nitrogens with one attached hydrogen (secondary N) is 1. The van der Waals surface area contributed by atoms with E-state index in [0.717, 1.165) is 16.8 Å². The van der Waals surface area contributed by atoms with E-state index in [4.69, 9.17) is 4.74 Å². The predicted octanol–water partition coefficient (Wildman–Crippen LogP) is 4.82. The molecule has 0 bridgehead atoms. The van der Waals surface area contributed by atoms with Gasteiger partial charge in [-0.3, -0.25) is 0 Å². The van der Waals surface area contributed by atoms with E-state index in [-0.39, 0.29) is 6.04 Å². The van der Waals surface area contributed by atoms with Gasteiger partial charge in [-0.05, 0) is 79.8 Å². The fourth-order valence-corrected chi connectivity index (χ4v) is 3.93.